The van der Waals surface area contributed by atoms with Gasteiger partial charge in [0, 0.05) is 18.3 Å². The highest BCUT2D eigenvalue weighted by Crippen LogP contribution is 2.39. The SMILES string of the molecule is CC1CC(CN2CCC3SCCC3C2)CC(C)C1O. The van der Waals surface area contributed by atoms with E-state index in [1.54, 1.807) is 0 Å². The van der Waals surface area contributed by atoms with Gasteiger partial charge in [-0.3, -0.25) is 0 Å². The van der Waals surface area contributed by atoms with Crippen molar-refractivity contribution in [1.82, 2.24) is 4.90 Å². The van der Waals surface area contributed by atoms with E-state index < -0.39 is 0 Å². The van der Waals surface area contributed by atoms with E-state index in [9.17, 15) is 5.11 Å². The van der Waals surface area contributed by atoms with Crippen molar-refractivity contribution in [3.8, 4) is 0 Å². The molecular weight excluding hydrogens is 254 g/mol. The number of fused-ring (bicyclic) bond motifs is 1. The van der Waals surface area contributed by atoms with Gasteiger partial charge in [-0.05, 0) is 61.7 Å². The summed E-state index contributed by atoms with van der Waals surface area (Å²) in [7, 11) is 0. The molecule has 3 rings (SSSR count). The fraction of sp³-hybridized carbons (Fsp3) is 1.00. The van der Waals surface area contributed by atoms with Crippen LogP contribution in [0.3, 0.4) is 0 Å². The molecule has 0 aromatic heterocycles. The first-order chi connectivity index (χ1) is 9.13. The van der Waals surface area contributed by atoms with Gasteiger partial charge in [-0.1, -0.05) is 13.8 Å². The molecule has 19 heavy (non-hydrogen) atoms. The van der Waals surface area contributed by atoms with Crippen LogP contribution in [0.1, 0.15) is 39.5 Å². The number of hydrogen-bond donors (Lipinski definition) is 1. The van der Waals surface area contributed by atoms with Crippen molar-refractivity contribution in [3.05, 3.63) is 0 Å². The summed E-state index contributed by atoms with van der Waals surface area (Å²) in [5.41, 5.74) is 0. The lowest BCUT2D eigenvalue weighted by Gasteiger charge is -2.41. The first kappa shape index (κ1) is 14.2. The van der Waals surface area contributed by atoms with Gasteiger partial charge in [0.2, 0.25) is 0 Å². The number of nitrogens with zero attached hydrogens (tertiary/aromatic N) is 1. The van der Waals surface area contributed by atoms with E-state index in [1.165, 1.54) is 51.1 Å². The third-order valence-electron chi connectivity index (χ3n) is 5.66. The molecule has 3 fully saturated rings. The maximum Gasteiger partial charge on any atom is 0.0591 e. The molecule has 0 radical (unpaired) electrons. The Labute approximate surface area is 122 Å². The Bertz CT molecular complexity index is 299. The molecule has 3 aliphatic rings. The number of hydrogen-bond acceptors (Lipinski definition) is 3. The van der Waals surface area contributed by atoms with E-state index in [0.717, 1.165) is 17.1 Å². The maximum absolute atomic E-state index is 10.1. The van der Waals surface area contributed by atoms with Gasteiger partial charge in [0.1, 0.15) is 0 Å². The van der Waals surface area contributed by atoms with Crippen LogP contribution in [0.15, 0.2) is 0 Å². The van der Waals surface area contributed by atoms with Crippen molar-refractivity contribution in [3.63, 3.8) is 0 Å². The third kappa shape index (κ3) is 3.14. The molecule has 0 aromatic carbocycles. The molecule has 0 spiro atoms. The number of likely N-dealkylation sites (tertiary alicyclic amines) is 1. The molecule has 0 bridgehead atoms. The molecule has 1 saturated carbocycles. The maximum atomic E-state index is 10.1. The second kappa shape index (κ2) is 5.95. The lowest BCUT2D eigenvalue weighted by atomic mass is 9.74. The first-order valence-corrected chi connectivity index (χ1v) is 9.20. The van der Waals surface area contributed by atoms with Gasteiger partial charge in [-0.15, -0.1) is 0 Å². The van der Waals surface area contributed by atoms with Crippen molar-refractivity contribution < 1.29 is 5.11 Å². The highest BCUT2D eigenvalue weighted by atomic mass is 32.2. The molecular formula is C16H29NOS. The van der Waals surface area contributed by atoms with E-state index in [0.29, 0.717) is 11.8 Å². The van der Waals surface area contributed by atoms with Crippen molar-refractivity contribution in [1.29, 1.82) is 0 Å². The number of piperidine rings is 1. The van der Waals surface area contributed by atoms with E-state index >= 15 is 0 Å². The predicted octanol–water partition coefficient (Wildman–Crippen LogP) is 2.86. The normalized spacial score (nSPS) is 48.2. The lowest BCUT2D eigenvalue weighted by Crippen LogP contribution is -2.44. The summed E-state index contributed by atoms with van der Waals surface area (Å²) in [4.78, 5) is 2.73. The second-order valence-corrected chi connectivity index (χ2v) is 8.64. The molecule has 1 N–H and O–H groups in total. The minimum absolute atomic E-state index is 0.0618. The highest BCUT2D eigenvalue weighted by molar-refractivity contribution is 8.00. The number of rotatable bonds is 2. The van der Waals surface area contributed by atoms with Gasteiger partial charge in [0.15, 0.2) is 0 Å². The Balaban J connectivity index is 1.51. The average molecular weight is 283 g/mol. The zero-order valence-corrected chi connectivity index (χ0v) is 13.2. The minimum atomic E-state index is -0.0618. The summed E-state index contributed by atoms with van der Waals surface area (Å²) >= 11 is 2.22. The molecule has 3 heteroatoms. The van der Waals surface area contributed by atoms with Gasteiger partial charge in [0.25, 0.3) is 0 Å². The second-order valence-electron chi connectivity index (χ2n) is 7.29. The predicted molar refractivity (Wildman–Crippen MR) is 82.5 cm³/mol. The van der Waals surface area contributed by atoms with E-state index in [4.69, 9.17) is 0 Å². The molecule has 2 aliphatic heterocycles. The number of aliphatic hydroxyl groups excluding tert-OH is 1. The average Bonchev–Trinajstić information content (AvgIpc) is 2.83. The molecule has 2 nitrogen and oxygen atoms in total. The lowest BCUT2D eigenvalue weighted by molar-refractivity contribution is 0.000935. The molecule has 4 unspecified atom stereocenters. The van der Waals surface area contributed by atoms with Crippen LogP contribution in [0.25, 0.3) is 0 Å². The van der Waals surface area contributed by atoms with E-state index in [2.05, 4.69) is 30.5 Å². The standard InChI is InChI=1S/C16H29NOS/c1-11-7-13(8-12(2)16(11)18)9-17-5-3-15-14(10-17)4-6-19-15/h11-16,18H,3-10H2,1-2H3. The van der Waals surface area contributed by atoms with Crippen LogP contribution in [0.2, 0.25) is 0 Å². The van der Waals surface area contributed by atoms with Gasteiger partial charge in [0.05, 0.1) is 6.10 Å². The molecule has 4 atom stereocenters. The van der Waals surface area contributed by atoms with Crippen LogP contribution in [0, 0.1) is 23.7 Å². The first-order valence-electron chi connectivity index (χ1n) is 8.15. The van der Waals surface area contributed by atoms with Gasteiger partial charge in [-0.2, -0.15) is 11.8 Å². The monoisotopic (exact) mass is 283 g/mol. The van der Waals surface area contributed by atoms with Gasteiger partial charge < -0.3 is 10.0 Å². The van der Waals surface area contributed by atoms with Gasteiger partial charge in [-0.25, -0.2) is 0 Å². The quantitative estimate of drug-likeness (QED) is 0.843. The summed E-state index contributed by atoms with van der Waals surface area (Å²) in [5, 5.41) is 11.1. The smallest absolute Gasteiger partial charge is 0.0591 e. The molecule has 110 valence electrons. The fourth-order valence-corrected chi connectivity index (χ4v) is 6.13. The Kier molecular flexibility index (Phi) is 4.45. The Morgan fingerprint density at radius 1 is 1.16 bits per heavy atom. The zero-order chi connectivity index (χ0) is 13.4. The summed E-state index contributed by atoms with van der Waals surface area (Å²) in [5.74, 6) is 4.18. The topological polar surface area (TPSA) is 23.5 Å². The number of aliphatic hydroxyl groups is 1. The summed E-state index contributed by atoms with van der Waals surface area (Å²) in [6.45, 7) is 8.41. The Morgan fingerprint density at radius 2 is 1.89 bits per heavy atom. The van der Waals surface area contributed by atoms with Crippen LogP contribution < -0.4 is 0 Å². The summed E-state index contributed by atoms with van der Waals surface area (Å²) in [6, 6.07) is 0. The van der Waals surface area contributed by atoms with Gasteiger partial charge >= 0.3 is 0 Å². The van der Waals surface area contributed by atoms with Crippen molar-refractivity contribution in [2.75, 3.05) is 25.4 Å². The van der Waals surface area contributed by atoms with Crippen LogP contribution in [0.4, 0.5) is 0 Å². The van der Waals surface area contributed by atoms with Crippen LogP contribution in [-0.4, -0.2) is 46.7 Å². The minimum Gasteiger partial charge on any atom is -0.393 e. The van der Waals surface area contributed by atoms with Crippen molar-refractivity contribution >= 4 is 11.8 Å². The zero-order valence-electron chi connectivity index (χ0n) is 12.4. The van der Waals surface area contributed by atoms with E-state index in [1.807, 2.05) is 0 Å². The largest absolute Gasteiger partial charge is 0.393 e. The Hall–Kier alpha value is 0.270. The fourth-order valence-electron chi connectivity index (χ4n) is 4.62. The van der Waals surface area contributed by atoms with Crippen molar-refractivity contribution in [2.45, 2.75) is 50.9 Å². The number of thioether (sulfide) groups is 1. The van der Waals surface area contributed by atoms with Crippen molar-refractivity contribution in [2.24, 2.45) is 23.7 Å². The molecule has 0 aromatic rings. The molecule has 2 heterocycles. The summed E-state index contributed by atoms with van der Waals surface area (Å²) < 4.78 is 0. The van der Waals surface area contributed by atoms with Crippen LogP contribution >= 0.6 is 11.8 Å². The highest BCUT2D eigenvalue weighted by Gasteiger charge is 2.36. The third-order valence-corrected chi connectivity index (χ3v) is 7.18. The summed E-state index contributed by atoms with van der Waals surface area (Å²) in [6.07, 6.45) is 5.25. The molecule has 2 saturated heterocycles. The van der Waals surface area contributed by atoms with Crippen LogP contribution in [-0.2, 0) is 0 Å². The molecule has 1 aliphatic carbocycles. The van der Waals surface area contributed by atoms with Crippen LogP contribution in [0.5, 0.6) is 0 Å². The van der Waals surface area contributed by atoms with E-state index in [-0.39, 0.29) is 6.10 Å². The Morgan fingerprint density at radius 3 is 2.63 bits per heavy atom. The molecule has 0 amide bonds.